The molecule has 1 aliphatic heterocycles. The predicted octanol–water partition coefficient (Wildman–Crippen LogP) is 2.20. The molecule has 0 nitrogen and oxygen atoms in total. The molecule has 52 valence electrons. The van der Waals surface area contributed by atoms with Gasteiger partial charge in [0.2, 0.25) is 0 Å². The Balaban J connectivity index is 2.20. The van der Waals surface area contributed by atoms with E-state index < -0.39 is 0 Å². The zero-order chi connectivity index (χ0) is 6.97. The molecular formula is C9H11P. The average Bonchev–Trinajstić information content (AvgIpc) is 2.69. The molecular weight excluding hydrogens is 139 g/mol. The lowest BCUT2D eigenvalue weighted by Gasteiger charge is -1.94. The Morgan fingerprint density at radius 2 is 1.90 bits per heavy atom. The van der Waals surface area contributed by atoms with Gasteiger partial charge in [0.05, 0.1) is 0 Å². The van der Waals surface area contributed by atoms with Crippen LogP contribution in [-0.2, 0) is 0 Å². The fraction of sp³-hybridized carbons (Fsp3) is 0.333. The summed E-state index contributed by atoms with van der Waals surface area (Å²) in [5.41, 5.74) is 0.998. The monoisotopic (exact) mass is 150 g/mol. The Labute approximate surface area is 63.0 Å². The Morgan fingerprint density at radius 3 is 2.40 bits per heavy atom. The van der Waals surface area contributed by atoms with E-state index in [1.165, 1.54) is 6.16 Å². The van der Waals surface area contributed by atoms with Crippen molar-refractivity contribution in [1.82, 2.24) is 0 Å². The third-order valence-corrected chi connectivity index (χ3v) is 4.63. The highest BCUT2D eigenvalue weighted by Gasteiger charge is 2.32. The predicted molar refractivity (Wildman–Crippen MR) is 47.3 cm³/mol. The van der Waals surface area contributed by atoms with Crippen LogP contribution in [0.2, 0.25) is 0 Å². The van der Waals surface area contributed by atoms with Crippen molar-refractivity contribution >= 4 is 13.2 Å². The summed E-state index contributed by atoms with van der Waals surface area (Å²) in [4.78, 5) is 0. The van der Waals surface area contributed by atoms with Gasteiger partial charge in [-0.1, -0.05) is 45.2 Å². The van der Waals surface area contributed by atoms with E-state index in [2.05, 4.69) is 37.3 Å². The lowest BCUT2D eigenvalue weighted by atomic mass is 10.4. The van der Waals surface area contributed by atoms with Crippen molar-refractivity contribution in [3.8, 4) is 0 Å². The second kappa shape index (κ2) is 2.36. The molecule has 0 amide bonds. The van der Waals surface area contributed by atoms with Crippen LogP contribution >= 0.6 is 7.92 Å². The molecule has 1 aliphatic rings. The van der Waals surface area contributed by atoms with E-state index in [9.17, 15) is 0 Å². The molecule has 1 heteroatoms. The first kappa shape index (κ1) is 6.37. The summed E-state index contributed by atoms with van der Waals surface area (Å²) in [5, 5.41) is 1.59. The van der Waals surface area contributed by atoms with Crippen molar-refractivity contribution in [1.29, 1.82) is 0 Å². The Hall–Kier alpha value is -0.350. The fourth-order valence-corrected chi connectivity index (χ4v) is 3.21. The van der Waals surface area contributed by atoms with Crippen molar-refractivity contribution in [2.45, 2.75) is 12.6 Å². The largest absolute Gasteiger partial charge is 0.0714 e. The third-order valence-electron chi connectivity index (χ3n) is 1.95. The van der Waals surface area contributed by atoms with E-state index in [4.69, 9.17) is 0 Å². The molecule has 0 N–H and O–H groups in total. The van der Waals surface area contributed by atoms with E-state index in [0.717, 1.165) is 5.66 Å². The lowest BCUT2D eigenvalue weighted by molar-refractivity contribution is 1.25. The van der Waals surface area contributed by atoms with E-state index in [1.807, 2.05) is 0 Å². The van der Waals surface area contributed by atoms with Crippen LogP contribution < -0.4 is 5.30 Å². The van der Waals surface area contributed by atoms with Gasteiger partial charge in [0.15, 0.2) is 0 Å². The zero-order valence-corrected chi connectivity index (χ0v) is 7.01. The Kier molecular flexibility index (Phi) is 1.50. The fourth-order valence-electron chi connectivity index (χ4n) is 1.22. The molecule has 10 heavy (non-hydrogen) atoms. The second-order valence-electron chi connectivity index (χ2n) is 2.84. The molecule has 0 saturated carbocycles. The molecule has 1 fully saturated rings. The summed E-state index contributed by atoms with van der Waals surface area (Å²) in [6.07, 6.45) is 1.46. The van der Waals surface area contributed by atoms with Crippen molar-refractivity contribution < 1.29 is 0 Å². The lowest BCUT2D eigenvalue weighted by Crippen LogP contribution is -1.90. The summed E-state index contributed by atoms with van der Waals surface area (Å²) in [5.74, 6) is 0. The summed E-state index contributed by atoms with van der Waals surface area (Å²) in [7, 11) is 0.293. The highest BCUT2D eigenvalue weighted by molar-refractivity contribution is 7.73. The molecule has 0 bridgehead atoms. The topological polar surface area (TPSA) is 0 Å². The van der Waals surface area contributed by atoms with Gasteiger partial charge in [0, 0.05) is 0 Å². The molecule has 1 aromatic rings. The molecule has 2 atom stereocenters. The smallest absolute Gasteiger partial charge is 0.0155 e. The maximum Gasteiger partial charge on any atom is -0.0155 e. The first-order chi connectivity index (χ1) is 4.88. The highest BCUT2D eigenvalue weighted by atomic mass is 31.1. The number of hydrogen-bond acceptors (Lipinski definition) is 0. The van der Waals surface area contributed by atoms with E-state index in [-0.39, 0.29) is 0 Å². The molecule has 2 unspecified atom stereocenters. The van der Waals surface area contributed by atoms with Crippen LogP contribution in [0, 0.1) is 0 Å². The summed E-state index contributed by atoms with van der Waals surface area (Å²) >= 11 is 0. The van der Waals surface area contributed by atoms with Crippen LogP contribution in [0.15, 0.2) is 30.3 Å². The van der Waals surface area contributed by atoms with Gasteiger partial charge in [-0.3, -0.25) is 0 Å². The van der Waals surface area contributed by atoms with Crippen LogP contribution in [0.1, 0.15) is 6.92 Å². The molecule has 0 spiro atoms. The summed E-state index contributed by atoms with van der Waals surface area (Å²) < 4.78 is 0. The quantitative estimate of drug-likeness (QED) is 0.538. The molecule has 1 saturated heterocycles. The Bertz CT molecular complexity index is 217. The molecule has 0 radical (unpaired) electrons. The van der Waals surface area contributed by atoms with E-state index in [1.54, 1.807) is 5.30 Å². The number of hydrogen-bond donors (Lipinski definition) is 0. The van der Waals surface area contributed by atoms with Gasteiger partial charge < -0.3 is 0 Å². The Morgan fingerprint density at radius 1 is 1.30 bits per heavy atom. The van der Waals surface area contributed by atoms with Crippen LogP contribution in [0.4, 0.5) is 0 Å². The first-order valence-electron chi connectivity index (χ1n) is 3.69. The van der Waals surface area contributed by atoms with Gasteiger partial charge in [0.1, 0.15) is 0 Å². The van der Waals surface area contributed by atoms with Crippen LogP contribution in [0.25, 0.3) is 0 Å². The van der Waals surface area contributed by atoms with Crippen LogP contribution in [0.3, 0.4) is 0 Å². The molecule has 2 rings (SSSR count). The number of benzene rings is 1. The molecule has 0 aromatic heterocycles. The maximum atomic E-state index is 2.35. The van der Waals surface area contributed by atoms with Crippen LogP contribution in [0.5, 0.6) is 0 Å². The van der Waals surface area contributed by atoms with E-state index >= 15 is 0 Å². The number of rotatable bonds is 1. The third kappa shape index (κ3) is 1.09. The zero-order valence-electron chi connectivity index (χ0n) is 6.12. The van der Waals surface area contributed by atoms with Crippen molar-refractivity contribution in [3.63, 3.8) is 0 Å². The van der Waals surface area contributed by atoms with Gasteiger partial charge in [-0.2, -0.15) is 0 Å². The van der Waals surface area contributed by atoms with Crippen molar-refractivity contribution in [3.05, 3.63) is 30.3 Å². The SMILES string of the molecule is CC1CP1c1ccccc1. The molecule has 1 aromatic carbocycles. The average molecular weight is 150 g/mol. The minimum absolute atomic E-state index is 0.293. The summed E-state index contributed by atoms with van der Waals surface area (Å²) in [6, 6.07) is 10.9. The van der Waals surface area contributed by atoms with Crippen molar-refractivity contribution in [2.24, 2.45) is 0 Å². The second-order valence-corrected chi connectivity index (χ2v) is 5.54. The first-order valence-corrected chi connectivity index (χ1v) is 5.29. The van der Waals surface area contributed by atoms with Gasteiger partial charge in [-0.25, -0.2) is 0 Å². The van der Waals surface area contributed by atoms with Gasteiger partial charge in [-0.15, -0.1) is 0 Å². The van der Waals surface area contributed by atoms with E-state index in [0.29, 0.717) is 7.92 Å². The maximum absolute atomic E-state index is 2.35. The van der Waals surface area contributed by atoms with Gasteiger partial charge >= 0.3 is 0 Å². The standard InChI is InChI=1S/C9H11P/c1-8-7-10(8)9-5-3-2-4-6-9/h2-6,8H,7H2,1H3. The minimum Gasteiger partial charge on any atom is -0.0714 e. The molecule has 0 aliphatic carbocycles. The normalized spacial score (nSPS) is 30.1. The van der Waals surface area contributed by atoms with Crippen molar-refractivity contribution in [2.75, 3.05) is 6.16 Å². The minimum atomic E-state index is 0.293. The summed E-state index contributed by atoms with van der Waals surface area (Å²) in [6.45, 7) is 2.35. The highest BCUT2D eigenvalue weighted by Crippen LogP contribution is 2.56. The van der Waals surface area contributed by atoms with Gasteiger partial charge in [-0.05, 0) is 17.1 Å². The molecule has 1 heterocycles. The van der Waals surface area contributed by atoms with Gasteiger partial charge in [0.25, 0.3) is 0 Å². The van der Waals surface area contributed by atoms with Crippen LogP contribution in [-0.4, -0.2) is 11.8 Å².